The van der Waals surface area contributed by atoms with E-state index in [9.17, 15) is 18.0 Å². The van der Waals surface area contributed by atoms with Gasteiger partial charge in [-0.2, -0.15) is 13.2 Å². The van der Waals surface area contributed by atoms with E-state index < -0.39 is 17.6 Å². The molecular formula is C30H35F3N6O3. The summed E-state index contributed by atoms with van der Waals surface area (Å²) in [6.45, 7) is 10.8. The summed E-state index contributed by atoms with van der Waals surface area (Å²) in [5.74, 6) is -0.115. The number of amides is 1. The molecule has 42 heavy (non-hydrogen) atoms. The highest BCUT2D eigenvalue weighted by Gasteiger charge is 2.31. The molecule has 4 heterocycles. The maximum Gasteiger partial charge on any atom is 0.416 e. The predicted octanol–water partition coefficient (Wildman–Crippen LogP) is 4.23. The fourth-order valence-corrected chi connectivity index (χ4v) is 5.15. The average Bonchev–Trinajstić information content (AvgIpc) is 2.98. The molecule has 0 saturated carbocycles. The Morgan fingerprint density at radius 3 is 2.71 bits per heavy atom. The number of nitrogens with zero attached hydrogens (tertiary/aromatic N) is 4. The maximum absolute atomic E-state index is 13.1. The fraction of sp³-hybridized carbons (Fsp3) is 0.433. The standard InChI is InChI=1S/C30H35F3N6O3/c1-20-19-38(7-6-34-20)8-13-42-29-27(39-9-11-41-12-10-39)15-23(17-36-29)26-16-25(18-35-21(26)2)37-28(40)22-4-3-5-24(14-22)30(31,32)33/h3-5,14-18,20,34H,6-13,19H2,1-2H3,(H,37,40)/t20-/m0/s1. The van der Waals surface area contributed by atoms with Crippen molar-refractivity contribution >= 4 is 17.3 Å². The first kappa shape index (κ1) is 29.7. The number of alkyl halides is 3. The van der Waals surface area contributed by atoms with Crippen LogP contribution in [0, 0.1) is 6.92 Å². The number of hydrogen-bond acceptors (Lipinski definition) is 8. The number of piperazine rings is 1. The van der Waals surface area contributed by atoms with Crippen LogP contribution in [0.3, 0.4) is 0 Å². The SMILES string of the molecule is Cc1ncc(NC(=O)c2cccc(C(F)(F)F)c2)cc1-c1cnc(OCCN2CCN[C@@H](C)C2)c(N2CCOCC2)c1. The van der Waals surface area contributed by atoms with Gasteiger partial charge in [0.1, 0.15) is 12.3 Å². The van der Waals surface area contributed by atoms with Crippen LogP contribution in [0.4, 0.5) is 24.5 Å². The summed E-state index contributed by atoms with van der Waals surface area (Å²) in [4.78, 5) is 26.5. The summed E-state index contributed by atoms with van der Waals surface area (Å²) in [6, 6.07) is 8.51. The molecule has 2 fully saturated rings. The molecule has 3 aromatic rings. The van der Waals surface area contributed by atoms with Gasteiger partial charge in [-0.15, -0.1) is 0 Å². The van der Waals surface area contributed by atoms with Crippen molar-refractivity contribution < 1.29 is 27.4 Å². The first-order valence-electron chi connectivity index (χ1n) is 14.0. The third kappa shape index (κ3) is 7.36. The number of aryl methyl sites for hydroxylation is 1. The Morgan fingerprint density at radius 2 is 1.95 bits per heavy atom. The minimum atomic E-state index is -4.54. The number of carbonyl (C=O) groups is 1. The zero-order chi connectivity index (χ0) is 29.7. The molecule has 9 nitrogen and oxygen atoms in total. The van der Waals surface area contributed by atoms with E-state index >= 15 is 0 Å². The number of carbonyl (C=O) groups excluding carboxylic acids is 1. The Bertz CT molecular complexity index is 1400. The highest BCUT2D eigenvalue weighted by atomic mass is 19.4. The second-order valence-corrected chi connectivity index (χ2v) is 10.5. The molecule has 0 spiro atoms. The van der Waals surface area contributed by atoms with E-state index in [4.69, 9.17) is 9.47 Å². The Hall–Kier alpha value is -3.74. The van der Waals surface area contributed by atoms with E-state index in [1.807, 2.05) is 13.0 Å². The predicted molar refractivity (Wildman–Crippen MR) is 154 cm³/mol. The number of benzene rings is 1. The summed E-state index contributed by atoms with van der Waals surface area (Å²) in [5, 5.41) is 6.12. The quantitative estimate of drug-likeness (QED) is 0.407. The normalized spacial score (nSPS) is 18.1. The molecule has 0 unspecified atom stereocenters. The van der Waals surface area contributed by atoms with Gasteiger partial charge in [0.2, 0.25) is 5.88 Å². The van der Waals surface area contributed by atoms with Crippen molar-refractivity contribution in [2.75, 3.05) is 69.3 Å². The number of morpholine rings is 1. The van der Waals surface area contributed by atoms with E-state index in [1.165, 1.54) is 18.3 Å². The first-order chi connectivity index (χ1) is 20.2. The van der Waals surface area contributed by atoms with Gasteiger partial charge in [0, 0.05) is 73.9 Å². The van der Waals surface area contributed by atoms with Crippen molar-refractivity contribution in [3.8, 4) is 17.0 Å². The molecule has 1 atom stereocenters. The number of hydrogen-bond donors (Lipinski definition) is 2. The lowest BCUT2D eigenvalue weighted by Gasteiger charge is -2.32. The van der Waals surface area contributed by atoms with Crippen LogP contribution in [0.2, 0.25) is 0 Å². The van der Waals surface area contributed by atoms with Crippen LogP contribution in [0.5, 0.6) is 5.88 Å². The van der Waals surface area contributed by atoms with Crippen LogP contribution >= 0.6 is 0 Å². The number of rotatable bonds is 8. The number of nitrogens with one attached hydrogen (secondary N) is 2. The molecule has 5 rings (SSSR count). The van der Waals surface area contributed by atoms with E-state index in [1.54, 1.807) is 12.3 Å². The summed E-state index contributed by atoms with van der Waals surface area (Å²) >= 11 is 0. The molecule has 2 saturated heterocycles. The largest absolute Gasteiger partial charge is 0.475 e. The molecular weight excluding hydrogens is 549 g/mol. The van der Waals surface area contributed by atoms with Crippen molar-refractivity contribution in [2.24, 2.45) is 0 Å². The number of halogens is 3. The van der Waals surface area contributed by atoms with Gasteiger partial charge in [-0.25, -0.2) is 4.98 Å². The smallest absolute Gasteiger partial charge is 0.416 e. The third-order valence-electron chi connectivity index (χ3n) is 7.39. The lowest BCUT2D eigenvalue weighted by atomic mass is 10.0. The van der Waals surface area contributed by atoms with Gasteiger partial charge in [0.15, 0.2) is 0 Å². The summed E-state index contributed by atoms with van der Waals surface area (Å²) in [7, 11) is 0. The number of pyridine rings is 2. The number of anilines is 2. The lowest BCUT2D eigenvalue weighted by Crippen LogP contribution is -2.50. The molecule has 12 heteroatoms. The first-order valence-corrected chi connectivity index (χ1v) is 14.0. The molecule has 2 N–H and O–H groups in total. The fourth-order valence-electron chi connectivity index (χ4n) is 5.15. The maximum atomic E-state index is 13.1. The van der Waals surface area contributed by atoms with Gasteiger partial charge in [0.25, 0.3) is 5.91 Å². The van der Waals surface area contributed by atoms with Crippen molar-refractivity contribution in [1.29, 1.82) is 0 Å². The van der Waals surface area contributed by atoms with E-state index in [-0.39, 0.29) is 5.56 Å². The highest BCUT2D eigenvalue weighted by Crippen LogP contribution is 2.34. The molecule has 2 aliphatic heterocycles. The average molecular weight is 585 g/mol. The molecule has 0 radical (unpaired) electrons. The summed E-state index contributed by atoms with van der Waals surface area (Å²) in [6.07, 6.45) is -1.34. The van der Waals surface area contributed by atoms with Crippen molar-refractivity contribution in [3.05, 3.63) is 65.6 Å². The molecule has 0 bridgehead atoms. The summed E-state index contributed by atoms with van der Waals surface area (Å²) < 4.78 is 51.2. The van der Waals surface area contributed by atoms with Crippen LogP contribution in [0.1, 0.15) is 28.5 Å². The molecule has 224 valence electrons. The second kappa shape index (κ2) is 13.1. The van der Waals surface area contributed by atoms with Gasteiger partial charge < -0.3 is 25.0 Å². The summed E-state index contributed by atoms with van der Waals surface area (Å²) in [5.41, 5.74) is 2.45. The third-order valence-corrected chi connectivity index (χ3v) is 7.39. The second-order valence-electron chi connectivity index (χ2n) is 10.5. The van der Waals surface area contributed by atoms with E-state index in [0.717, 1.165) is 55.1 Å². The van der Waals surface area contributed by atoms with Gasteiger partial charge >= 0.3 is 6.18 Å². The Kier molecular flexibility index (Phi) is 9.24. The minimum Gasteiger partial charge on any atom is -0.475 e. The Labute approximate surface area is 243 Å². The van der Waals surface area contributed by atoms with Crippen LogP contribution in [-0.4, -0.2) is 85.9 Å². The van der Waals surface area contributed by atoms with Crippen LogP contribution in [-0.2, 0) is 10.9 Å². The van der Waals surface area contributed by atoms with Crippen LogP contribution < -0.4 is 20.3 Å². The minimum absolute atomic E-state index is 0.0972. The monoisotopic (exact) mass is 584 g/mol. The van der Waals surface area contributed by atoms with Gasteiger partial charge in [-0.3, -0.25) is 14.7 Å². The lowest BCUT2D eigenvalue weighted by molar-refractivity contribution is -0.137. The van der Waals surface area contributed by atoms with Crippen LogP contribution in [0.15, 0.2) is 48.8 Å². The molecule has 1 aromatic carbocycles. The zero-order valence-corrected chi connectivity index (χ0v) is 23.7. The van der Waals surface area contributed by atoms with E-state index in [0.29, 0.717) is 56.2 Å². The topological polar surface area (TPSA) is 91.8 Å². The van der Waals surface area contributed by atoms with E-state index in [2.05, 4.69) is 37.3 Å². The van der Waals surface area contributed by atoms with Gasteiger partial charge in [-0.1, -0.05) is 6.07 Å². The zero-order valence-electron chi connectivity index (χ0n) is 23.7. The van der Waals surface area contributed by atoms with Crippen LogP contribution in [0.25, 0.3) is 11.1 Å². The Morgan fingerprint density at radius 1 is 1.14 bits per heavy atom. The molecule has 1 amide bonds. The van der Waals surface area contributed by atoms with Crippen molar-refractivity contribution in [1.82, 2.24) is 20.2 Å². The molecule has 2 aromatic heterocycles. The Balaban J connectivity index is 1.36. The van der Waals surface area contributed by atoms with Crippen molar-refractivity contribution in [2.45, 2.75) is 26.1 Å². The number of ether oxygens (including phenoxy) is 2. The number of aromatic nitrogens is 2. The van der Waals surface area contributed by atoms with Gasteiger partial charge in [-0.05, 0) is 44.2 Å². The van der Waals surface area contributed by atoms with Crippen molar-refractivity contribution in [3.63, 3.8) is 0 Å². The van der Waals surface area contributed by atoms with Gasteiger partial charge in [0.05, 0.1) is 30.7 Å². The highest BCUT2D eigenvalue weighted by molar-refractivity contribution is 6.04. The molecule has 2 aliphatic rings. The molecule has 0 aliphatic carbocycles.